The molecule has 1 aromatic heterocycles. The lowest BCUT2D eigenvalue weighted by Gasteiger charge is -2.26. The first kappa shape index (κ1) is 19.3. The van der Waals surface area contributed by atoms with E-state index in [0.29, 0.717) is 31.9 Å². The van der Waals surface area contributed by atoms with E-state index < -0.39 is 14.9 Å². The number of morpholine rings is 1. The molecule has 1 fully saturated rings. The molecule has 1 aliphatic rings. The third-order valence-corrected chi connectivity index (χ3v) is 6.18. The van der Waals surface area contributed by atoms with Gasteiger partial charge in [-0.15, -0.1) is 0 Å². The highest BCUT2D eigenvalue weighted by molar-refractivity contribution is 7.88. The van der Waals surface area contributed by atoms with E-state index in [0.717, 1.165) is 5.56 Å². The molecule has 1 saturated heterocycles. The van der Waals surface area contributed by atoms with Crippen LogP contribution in [0.1, 0.15) is 11.1 Å². The van der Waals surface area contributed by atoms with Gasteiger partial charge in [-0.25, -0.2) is 8.42 Å². The maximum absolute atomic E-state index is 12.7. The fraction of sp³-hybridized carbons (Fsp3) is 0.438. The second-order valence-electron chi connectivity index (χ2n) is 6.17. The summed E-state index contributed by atoms with van der Waals surface area (Å²) in [6.07, 6.45) is 1.36. The Bertz CT molecular complexity index is 921. The van der Waals surface area contributed by atoms with Gasteiger partial charge in [-0.05, 0) is 21.0 Å². The first-order chi connectivity index (χ1) is 12.9. The number of rotatable bonds is 7. The predicted molar refractivity (Wildman–Crippen MR) is 98.6 cm³/mol. The van der Waals surface area contributed by atoms with Crippen LogP contribution in [0.25, 0.3) is 0 Å². The van der Waals surface area contributed by atoms with Gasteiger partial charge < -0.3 is 20.2 Å². The maximum Gasteiger partial charge on any atom is 0.406 e. The van der Waals surface area contributed by atoms with Crippen molar-refractivity contribution in [1.29, 1.82) is 0 Å². The highest BCUT2D eigenvalue weighted by atomic mass is 32.2. The molecule has 1 aromatic carbocycles. The van der Waals surface area contributed by atoms with Crippen LogP contribution in [0.2, 0.25) is 0 Å². The van der Waals surface area contributed by atoms with E-state index in [9.17, 15) is 18.5 Å². The van der Waals surface area contributed by atoms with Crippen molar-refractivity contribution in [3.05, 3.63) is 51.8 Å². The Morgan fingerprint density at radius 2 is 1.93 bits per heavy atom. The SMILES string of the molecule is Cn1cnc([N+](=O)[O-])c1NCc1ccccc1CS(=O)(=O)N1CCOCC1. The molecule has 0 bridgehead atoms. The van der Waals surface area contributed by atoms with Gasteiger partial charge >= 0.3 is 5.82 Å². The normalized spacial score (nSPS) is 15.6. The lowest BCUT2D eigenvalue weighted by Crippen LogP contribution is -2.41. The van der Waals surface area contributed by atoms with Gasteiger partial charge in [0.15, 0.2) is 0 Å². The molecule has 27 heavy (non-hydrogen) atoms. The number of hydrogen-bond donors (Lipinski definition) is 1. The van der Waals surface area contributed by atoms with E-state index in [1.165, 1.54) is 15.2 Å². The van der Waals surface area contributed by atoms with Gasteiger partial charge in [0, 0.05) is 26.7 Å². The van der Waals surface area contributed by atoms with Crippen molar-refractivity contribution in [3.8, 4) is 0 Å². The smallest absolute Gasteiger partial charge is 0.379 e. The lowest BCUT2D eigenvalue weighted by molar-refractivity contribution is -0.388. The number of nitro groups is 1. The maximum atomic E-state index is 12.7. The zero-order chi connectivity index (χ0) is 19.4. The Morgan fingerprint density at radius 3 is 2.59 bits per heavy atom. The van der Waals surface area contributed by atoms with Crippen molar-refractivity contribution in [2.75, 3.05) is 31.6 Å². The Balaban J connectivity index is 1.77. The minimum absolute atomic E-state index is 0.127. The van der Waals surface area contributed by atoms with Crippen LogP contribution in [0.3, 0.4) is 0 Å². The van der Waals surface area contributed by atoms with Crippen molar-refractivity contribution in [2.45, 2.75) is 12.3 Å². The van der Waals surface area contributed by atoms with Crippen molar-refractivity contribution in [3.63, 3.8) is 0 Å². The van der Waals surface area contributed by atoms with E-state index in [1.807, 2.05) is 0 Å². The third kappa shape index (κ3) is 4.43. The summed E-state index contributed by atoms with van der Waals surface area (Å²) in [4.78, 5) is 14.3. The number of anilines is 1. The van der Waals surface area contributed by atoms with Gasteiger partial charge in [0.05, 0.1) is 19.0 Å². The Morgan fingerprint density at radius 1 is 1.26 bits per heavy atom. The van der Waals surface area contributed by atoms with Crippen LogP contribution < -0.4 is 5.32 Å². The number of aromatic nitrogens is 2. The van der Waals surface area contributed by atoms with Crippen molar-refractivity contribution in [2.24, 2.45) is 7.05 Å². The van der Waals surface area contributed by atoms with Crippen LogP contribution in [-0.4, -0.2) is 53.5 Å². The zero-order valence-electron chi connectivity index (χ0n) is 14.9. The number of imidazole rings is 1. The molecule has 3 rings (SSSR count). The fourth-order valence-corrected chi connectivity index (χ4v) is 4.48. The fourth-order valence-electron chi connectivity index (χ4n) is 2.92. The zero-order valence-corrected chi connectivity index (χ0v) is 15.7. The molecule has 0 radical (unpaired) electrons. The monoisotopic (exact) mass is 395 g/mol. The summed E-state index contributed by atoms with van der Waals surface area (Å²) in [5, 5.41) is 14.1. The van der Waals surface area contributed by atoms with Crippen LogP contribution in [0, 0.1) is 10.1 Å². The third-order valence-electron chi connectivity index (χ3n) is 4.36. The van der Waals surface area contributed by atoms with Crippen molar-refractivity contribution >= 4 is 21.7 Å². The number of hydrogen-bond acceptors (Lipinski definition) is 7. The Hall–Kier alpha value is -2.50. The molecule has 1 aliphatic heterocycles. The predicted octanol–water partition coefficient (Wildman–Crippen LogP) is 1.10. The topological polar surface area (TPSA) is 120 Å². The van der Waals surface area contributed by atoms with Crippen molar-refractivity contribution < 1.29 is 18.1 Å². The minimum atomic E-state index is -3.46. The average molecular weight is 395 g/mol. The molecule has 146 valence electrons. The second kappa shape index (κ2) is 8.03. The minimum Gasteiger partial charge on any atom is -0.379 e. The van der Waals surface area contributed by atoms with E-state index in [4.69, 9.17) is 4.74 Å². The molecule has 10 nitrogen and oxygen atoms in total. The van der Waals surface area contributed by atoms with E-state index >= 15 is 0 Å². The number of nitrogens with one attached hydrogen (secondary N) is 1. The highest BCUT2D eigenvalue weighted by Gasteiger charge is 2.26. The summed E-state index contributed by atoms with van der Waals surface area (Å²) in [5.74, 6) is -0.125. The van der Waals surface area contributed by atoms with Gasteiger partial charge in [-0.1, -0.05) is 24.3 Å². The summed E-state index contributed by atoms with van der Waals surface area (Å²) in [6.45, 7) is 1.74. The van der Waals surface area contributed by atoms with E-state index in [1.54, 1.807) is 31.3 Å². The first-order valence-electron chi connectivity index (χ1n) is 8.40. The molecule has 0 spiro atoms. The Labute approximate surface area is 157 Å². The number of nitrogens with zero attached hydrogens (tertiary/aromatic N) is 4. The van der Waals surface area contributed by atoms with Crippen LogP contribution in [-0.2, 0) is 34.1 Å². The molecule has 0 amide bonds. The molecule has 0 unspecified atom stereocenters. The van der Waals surface area contributed by atoms with Crippen LogP contribution >= 0.6 is 0 Å². The summed E-state index contributed by atoms with van der Waals surface area (Å²) >= 11 is 0. The molecule has 0 atom stereocenters. The summed E-state index contributed by atoms with van der Waals surface area (Å²) in [6, 6.07) is 7.14. The quantitative estimate of drug-likeness (QED) is 0.551. The van der Waals surface area contributed by atoms with Gasteiger partial charge in [-0.2, -0.15) is 4.31 Å². The first-order valence-corrected chi connectivity index (χ1v) is 10.0. The average Bonchev–Trinajstić information content (AvgIpc) is 3.02. The van der Waals surface area contributed by atoms with Gasteiger partial charge in [0.2, 0.25) is 22.2 Å². The van der Waals surface area contributed by atoms with Gasteiger partial charge in [0.25, 0.3) is 0 Å². The second-order valence-corrected chi connectivity index (χ2v) is 8.14. The number of ether oxygens (including phenoxy) is 1. The van der Waals surface area contributed by atoms with Crippen LogP contribution in [0.4, 0.5) is 11.6 Å². The Kier molecular flexibility index (Phi) is 5.73. The van der Waals surface area contributed by atoms with Crippen LogP contribution in [0.5, 0.6) is 0 Å². The van der Waals surface area contributed by atoms with Gasteiger partial charge in [0.1, 0.15) is 0 Å². The highest BCUT2D eigenvalue weighted by Crippen LogP contribution is 2.23. The summed E-state index contributed by atoms with van der Waals surface area (Å²) in [7, 11) is -1.81. The van der Waals surface area contributed by atoms with E-state index in [2.05, 4.69) is 10.3 Å². The molecule has 1 N–H and O–H groups in total. The summed E-state index contributed by atoms with van der Waals surface area (Å²) < 4.78 is 33.5. The number of benzene rings is 1. The molecule has 2 aromatic rings. The molecule has 2 heterocycles. The molecular weight excluding hydrogens is 374 g/mol. The largest absolute Gasteiger partial charge is 0.406 e. The van der Waals surface area contributed by atoms with Crippen LogP contribution in [0.15, 0.2) is 30.6 Å². The van der Waals surface area contributed by atoms with E-state index in [-0.39, 0.29) is 23.9 Å². The molecule has 11 heteroatoms. The molecule has 0 saturated carbocycles. The molecular formula is C16H21N5O5S. The number of sulfonamides is 1. The van der Waals surface area contributed by atoms with Crippen molar-refractivity contribution in [1.82, 2.24) is 13.9 Å². The molecule has 0 aliphatic carbocycles. The number of aryl methyl sites for hydroxylation is 1. The standard InChI is InChI=1S/C16H21N5O5S/c1-19-12-18-16(21(22)23)15(19)17-10-13-4-2-3-5-14(13)11-27(24,25)20-6-8-26-9-7-20/h2-5,12,17H,6-11H2,1H3. The summed E-state index contributed by atoms with van der Waals surface area (Å²) in [5.41, 5.74) is 1.41. The van der Waals surface area contributed by atoms with Gasteiger partial charge in [-0.3, -0.25) is 4.57 Å². The lowest BCUT2D eigenvalue weighted by atomic mass is 10.1.